The Morgan fingerprint density at radius 2 is 1.87 bits per heavy atom. The SMILES string of the molecule is Cc1ccc(C2c3c(ccc4ccccc34)Oc3ncn4nc(CC#N)nc4c32)cc1. The lowest BCUT2D eigenvalue weighted by Crippen LogP contribution is -2.15. The van der Waals surface area contributed by atoms with Crippen molar-refractivity contribution in [3.8, 4) is 17.7 Å². The highest BCUT2D eigenvalue weighted by Crippen LogP contribution is 2.50. The van der Waals surface area contributed by atoms with Crippen LogP contribution in [0, 0.1) is 18.3 Å². The fourth-order valence-corrected chi connectivity index (χ4v) is 4.39. The molecule has 0 fully saturated rings. The highest BCUT2D eigenvalue weighted by molar-refractivity contribution is 5.90. The summed E-state index contributed by atoms with van der Waals surface area (Å²) in [7, 11) is 0. The van der Waals surface area contributed by atoms with Gasteiger partial charge in [-0.1, -0.05) is 60.2 Å². The van der Waals surface area contributed by atoms with Gasteiger partial charge in [-0.25, -0.2) is 14.5 Å². The first-order valence-corrected chi connectivity index (χ1v) is 10.1. The number of nitrogens with zero attached hydrogens (tertiary/aromatic N) is 5. The number of nitriles is 1. The molecule has 0 spiro atoms. The predicted molar refractivity (Wildman–Crippen MR) is 116 cm³/mol. The Morgan fingerprint density at radius 3 is 2.71 bits per heavy atom. The van der Waals surface area contributed by atoms with E-state index in [1.54, 1.807) is 10.8 Å². The second-order valence-corrected chi connectivity index (χ2v) is 7.74. The topological polar surface area (TPSA) is 76.1 Å². The zero-order valence-electron chi connectivity index (χ0n) is 16.8. The smallest absolute Gasteiger partial charge is 0.228 e. The maximum absolute atomic E-state index is 9.11. The molecule has 1 unspecified atom stereocenters. The van der Waals surface area contributed by atoms with Crippen molar-refractivity contribution >= 4 is 16.4 Å². The first-order chi connectivity index (χ1) is 15.2. The number of benzene rings is 3. The second-order valence-electron chi connectivity index (χ2n) is 7.74. The highest BCUT2D eigenvalue weighted by atomic mass is 16.5. The number of hydrogen-bond donors (Lipinski definition) is 0. The molecule has 6 heteroatoms. The summed E-state index contributed by atoms with van der Waals surface area (Å²) in [5, 5.41) is 15.8. The third-order valence-corrected chi connectivity index (χ3v) is 5.79. The number of fused-ring (bicyclic) bond motifs is 6. The molecule has 3 aromatic carbocycles. The minimum atomic E-state index is -0.124. The van der Waals surface area contributed by atoms with E-state index in [-0.39, 0.29) is 12.3 Å². The van der Waals surface area contributed by atoms with Crippen LogP contribution in [0.4, 0.5) is 0 Å². The molecule has 148 valence electrons. The standard InChI is InChI=1S/C25H17N5O/c1-15-6-8-17(9-7-15)21-22-18-5-3-2-4-16(18)10-11-19(22)31-25-23(21)24-28-20(12-13-26)29-30(24)14-27-25/h2-11,14,21H,12H2,1H3. The van der Waals surface area contributed by atoms with E-state index < -0.39 is 0 Å². The monoisotopic (exact) mass is 403 g/mol. The molecule has 0 amide bonds. The van der Waals surface area contributed by atoms with Crippen LogP contribution in [0.25, 0.3) is 16.4 Å². The Hall–Kier alpha value is -4.24. The predicted octanol–water partition coefficient (Wildman–Crippen LogP) is 4.94. The molecule has 0 saturated carbocycles. The van der Waals surface area contributed by atoms with Crippen LogP contribution in [-0.2, 0) is 6.42 Å². The van der Waals surface area contributed by atoms with Gasteiger partial charge < -0.3 is 4.74 Å². The fraction of sp³-hybridized carbons (Fsp3) is 0.120. The first-order valence-electron chi connectivity index (χ1n) is 10.1. The first kappa shape index (κ1) is 17.6. The van der Waals surface area contributed by atoms with Crippen LogP contribution < -0.4 is 4.74 Å². The third kappa shape index (κ3) is 2.67. The van der Waals surface area contributed by atoms with Gasteiger partial charge >= 0.3 is 0 Å². The summed E-state index contributed by atoms with van der Waals surface area (Å²) in [5.41, 5.74) is 4.96. The van der Waals surface area contributed by atoms with Crippen LogP contribution in [-0.4, -0.2) is 19.6 Å². The van der Waals surface area contributed by atoms with Crippen LogP contribution in [0.3, 0.4) is 0 Å². The van der Waals surface area contributed by atoms with Gasteiger partial charge in [0.1, 0.15) is 12.1 Å². The molecule has 0 N–H and O–H groups in total. The van der Waals surface area contributed by atoms with Gasteiger partial charge in [-0.3, -0.25) is 0 Å². The lowest BCUT2D eigenvalue weighted by molar-refractivity contribution is 0.433. The van der Waals surface area contributed by atoms with Crippen molar-refractivity contribution < 1.29 is 4.74 Å². The normalized spacial score (nSPS) is 14.6. The summed E-state index contributed by atoms with van der Waals surface area (Å²) in [4.78, 5) is 9.22. The number of ether oxygens (including phenoxy) is 1. The number of aryl methyl sites for hydroxylation is 1. The van der Waals surface area contributed by atoms with Gasteiger partial charge in [0.15, 0.2) is 11.5 Å². The molecule has 2 aromatic heterocycles. The van der Waals surface area contributed by atoms with Crippen molar-refractivity contribution in [1.82, 2.24) is 19.6 Å². The largest absolute Gasteiger partial charge is 0.438 e. The average molecular weight is 403 g/mol. The molecular weight excluding hydrogens is 386 g/mol. The van der Waals surface area contributed by atoms with Crippen molar-refractivity contribution in [3.05, 3.63) is 95.1 Å². The molecular formula is C25H17N5O. The van der Waals surface area contributed by atoms with Gasteiger partial charge in [-0.2, -0.15) is 5.26 Å². The summed E-state index contributed by atoms with van der Waals surface area (Å²) in [6, 6.07) is 23.1. The van der Waals surface area contributed by atoms with Crippen LogP contribution in [0.5, 0.6) is 11.6 Å². The number of hydrogen-bond acceptors (Lipinski definition) is 5. The van der Waals surface area contributed by atoms with Crippen molar-refractivity contribution in [2.24, 2.45) is 0 Å². The molecule has 5 aromatic rings. The molecule has 1 atom stereocenters. The Labute approximate surface area is 178 Å². The summed E-state index contributed by atoms with van der Waals surface area (Å²) in [5.74, 6) is 1.67. The second kappa shape index (κ2) is 6.64. The maximum Gasteiger partial charge on any atom is 0.228 e. The Balaban J connectivity index is 1.71. The molecule has 1 aliphatic rings. The Morgan fingerprint density at radius 1 is 1.03 bits per heavy atom. The maximum atomic E-state index is 9.11. The summed E-state index contributed by atoms with van der Waals surface area (Å²) >= 11 is 0. The van der Waals surface area contributed by atoms with Gasteiger partial charge in [0.25, 0.3) is 0 Å². The van der Waals surface area contributed by atoms with E-state index in [0.29, 0.717) is 17.4 Å². The molecule has 3 heterocycles. The van der Waals surface area contributed by atoms with Gasteiger partial charge in [-0.15, -0.1) is 5.10 Å². The summed E-state index contributed by atoms with van der Waals surface area (Å²) in [6.45, 7) is 2.08. The van der Waals surface area contributed by atoms with Crippen LogP contribution in [0.15, 0.2) is 67.0 Å². The molecule has 6 rings (SSSR count). The van der Waals surface area contributed by atoms with Gasteiger partial charge in [0.05, 0.1) is 18.1 Å². The fourth-order valence-electron chi connectivity index (χ4n) is 4.39. The molecule has 6 nitrogen and oxygen atoms in total. The van der Waals surface area contributed by atoms with E-state index >= 15 is 0 Å². The average Bonchev–Trinajstić information content (AvgIpc) is 3.21. The molecule has 0 radical (unpaired) electrons. The van der Waals surface area contributed by atoms with Crippen molar-refractivity contribution in [3.63, 3.8) is 0 Å². The molecule has 0 bridgehead atoms. The lowest BCUT2D eigenvalue weighted by atomic mass is 9.81. The van der Waals surface area contributed by atoms with Crippen LogP contribution >= 0.6 is 0 Å². The minimum Gasteiger partial charge on any atom is -0.438 e. The van der Waals surface area contributed by atoms with E-state index in [4.69, 9.17) is 10.00 Å². The van der Waals surface area contributed by atoms with E-state index in [1.165, 1.54) is 5.56 Å². The Bertz CT molecular complexity index is 1510. The van der Waals surface area contributed by atoms with E-state index in [1.807, 2.05) is 18.2 Å². The van der Waals surface area contributed by atoms with E-state index in [9.17, 15) is 0 Å². The molecule has 31 heavy (non-hydrogen) atoms. The number of aromatic nitrogens is 4. The van der Waals surface area contributed by atoms with Gasteiger partial charge in [0.2, 0.25) is 5.88 Å². The van der Waals surface area contributed by atoms with Gasteiger partial charge in [0, 0.05) is 11.5 Å². The third-order valence-electron chi connectivity index (χ3n) is 5.79. The lowest BCUT2D eigenvalue weighted by Gasteiger charge is -2.29. The summed E-state index contributed by atoms with van der Waals surface area (Å²) in [6.07, 6.45) is 1.74. The van der Waals surface area contributed by atoms with Crippen LogP contribution in [0.1, 0.15) is 34.0 Å². The highest BCUT2D eigenvalue weighted by Gasteiger charge is 2.34. The van der Waals surface area contributed by atoms with E-state index in [2.05, 4.69) is 70.5 Å². The van der Waals surface area contributed by atoms with Crippen molar-refractivity contribution in [1.29, 1.82) is 5.26 Å². The zero-order valence-corrected chi connectivity index (χ0v) is 16.8. The minimum absolute atomic E-state index is 0.124. The van der Waals surface area contributed by atoms with Crippen LogP contribution in [0.2, 0.25) is 0 Å². The van der Waals surface area contributed by atoms with Crippen molar-refractivity contribution in [2.75, 3.05) is 0 Å². The van der Waals surface area contributed by atoms with Crippen molar-refractivity contribution in [2.45, 2.75) is 19.3 Å². The molecule has 0 saturated heterocycles. The van der Waals surface area contributed by atoms with Gasteiger partial charge in [-0.05, 0) is 29.3 Å². The molecule has 0 aliphatic carbocycles. The number of rotatable bonds is 2. The van der Waals surface area contributed by atoms with E-state index in [0.717, 1.165) is 33.2 Å². The Kier molecular flexibility index (Phi) is 3.77. The molecule has 1 aliphatic heterocycles. The summed E-state index contributed by atoms with van der Waals surface area (Å²) < 4.78 is 7.93. The zero-order chi connectivity index (χ0) is 20.9. The quantitative estimate of drug-likeness (QED) is 0.409.